The van der Waals surface area contributed by atoms with Crippen LogP contribution in [0, 0.1) is 0 Å². The van der Waals surface area contributed by atoms with Crippen LogP contribution in [0.1, 0.15) is 92.3 Å². The molecule has 0 aliphatic heterocycles. The van der Waals surface area contributed by atoms with Crippen LogP contribution < -0.4 is 29.6 Å². The molecule has 4 heteroatoms. The molecule has 0 N–H and O–H groups in total. The maximum Gasteiger partial charge on any atom is 1.00 e. The topological polar surface area (TPSA) is 9.23 Å². The van der Waals surface area contributed by atoms with Crippen LogP contribution >= 0.6 is 24.0 Å². The second kappa shape index (κ2) is 21.2. The summed E-state index contributed by atoms with van der Waals surface area (Å²) >= 11 is 6.96. The van der Waals surface area contributed by atoms with Gasteiger partial charge in [-0.2, -0.15) is 0 Å². The molecule has 122 valence electrons. The minimum atomic E-state index is 0. The molecule has 0 aromatic heterocycles. The molecule has 0 radical (unpaired) electrons. The van der Waals surface area contributed by atoms with Crippen molar-refractivity contribution in [3.05, 3.63) is 0 Å². The van der Waals surface area contributed by atoms with Crippen LogP contribution in [0.5, 0.6) is 0 Å². The first-order valence-electron chi connectivity index (χ1n) is 8.60. The van der Waals surface area contributed by atoms with E-state index < -0.39 is 0 Å². The van der Waals surface area contributed by atoms with Crippen LogP contribution in [-0.4, -0.2) is 16.7 Å². The summed E-state index contributed by atoms with van der Waals surface area (Å²) in [4.78, 5) is 0. The fraction of sp³-hybridized carbons (Fsp3) is 0.941. The molecule has 0 fully saturated rings. The van der Waals surface area contributed by atoms with Crippen LogP contribution in [0.15, 0.2) is 0 Å². The number of thioether (sulfide) groups is 1. The Bertz CT molecular complexity index is 199. The Morgan fingerprint density at radius 2 is 1.29 bits per heavy atom. The van der Waals surface area contributed by atoms with Crippen molar-refractivity contribution in [3.63, 3.8) is 0 Å². The zero-order chi connectivity index (χ0) is 14.9. The van der Waals surface area contributed by atoms with Gasteiger partial charge in [-0.25, -0.2) is 0 Å². The summed E-state index contributed by atoms with van der Waals surface area (Å²) < 4.78 is 6.34. The van der Waals surface area contributed by atoms with Crippen molar-refractivity contribution < 1.29 is 35.7 Å². The average Bonchev–Trinajstić information content (AvgIpc) is 2.45. The molecule has 0 bridgehead atoms. The molecule has 0 saturated carbocycles. The smallest absolute Gasteiger partial charge is 1.00 e. The van der Waals surface area contributed by atoms with E-state index in [1.807, 2.05) is 0 Å². The predicted molar refractivity (Wildman–Crippen MR) is 98.9 cm³/mol. The summed E-state index contributed by atoms with van der Waals surface area (Å²) in [6.07, 6.45) is 15.9. The van der Waals surface area contributed by atoms with Gasteiger partial charge in [0.25, 0.3) is 0 Å². The molecule has 0 aliphatic rings. The number of ether oxygens (including phenoxy) is 1. The molecule has 0 amide bonds. The van der Waals surface area contributed by atoms with Crippen molar-refractivity contribution in [2.45, 2.75) is 90.9 Å². The van der Waals surface area contributed by atoms with Gasteiger partial charge in [0, 0.05) is 5.75 Å². The molecular weight excluding hydrogens is 307 g/mol. The van der Waals surface area contributed by atoms with Crippen molar-refractivity contribution in [1.29, 1.82) is 0 Å². The fourth-order valence-electron chi connectivity index (χ4n) is 2.12. The van der Waals surface area contributed by atoms with Crippen molar-refractivity contribution >= 4 is 28.4 Å². The number of hydrogen-bond donors (Lipinski definition) is 0. The molecule has 0 heterocycles. The SMILES string of the molecule is CCCCCCCCOC(=S)SCCCCCCCC.[H-].[Na+]. The van der Waals surface area contributed by atoms with E-state index in [0.29, 0.717) is 0 Å². The summed E-state index contributed by atoms with van der Waals surface area (Å²) in [6.45, 7) is 5.33. The first-order valence-corrected chi connectivity index (χ1v) is 10.00. The fourth-order valence-corrected chi connectivity index (χ4v) is 3.13. The van der Waals surface area contributed by atoms with Crippen molar-refractivity contribution in [2.75, 3.05) is 12.4 Å². The van der Waals surface area contributed by atoms with Gasteiger partial charge in [0.1, 0.15) is 0 Å². The molecule has 0 saturated heterocycles. The largest absolute Gasteiger partial charge is 1.00 e. The number of rotatable bonds is 14. The van der Waals surface area contributed by atoms with Crippen LogP contribution in [-0.2, 0) is 4.74 Å². The van der Waals surface area contributed by atoms with Gasteiger partial charge in [-0.15, -0.1) is 0 Å². The third kappa shape index (κ3) is 21.2. The minimum absolute atomic E-state index is 0. The number of hydrogen-bond acceptors (Lipinski definition) is 3. The molecule has 1 nitrogen and oxygen atoms in total. The molecule has 21 heavy (non-hydrogen) atoms. The Labute approximate surface area is 166 Å². The Hall–Kier alpha value is 1.24. The van der Waals surface area contributed by atoms with E-state index in [0.717, 1.165) is 23.2 Å². The van der Waals surface area contributed by atoms with E-state index >= 15 is 0 Å². The predicted octanol–water partition coefficient (Wildman–Crippen LogP) is 3.86. The minimum Gasteiger partial charge on any atom is -1.00 e. The quantitative estimate of drug-likeness (QED) is 0.269. The molecular formula is C17H35NaOS2. The van der Waals surface area contributed by atoms with E-state index in [-0.39, 0.29) is 31.0 Å². The molecule has 0 aromatic carbocycles. The Kier molecular flexibility index (Phi) is 24.8. The zero-order valence-electron chi connectivity index (χ0n) is 15.6. The molecule has 0 spiro atoms. The second-order valence-electron chi connectivity index (χ2n) is 5.48. The van der Waals surface area contributed by atoms with Gasteiger partial charge in [-0.3, -0.25) is 0 Å². The van der Waals surface area contributed by atoms with Gasteiger partial charge in [-0.05, 0) is 25.1 Å². The summed E-state index contributed by atoms with van der Waals surface area (Å²) in [6, 6.07) is 0. The van der Waals surface area contributed by atoms with E-state index in [1.165, 1.54) is 70.6 Å². The van der Waals surface area contributed by atoms with Crippen LogP contribution in [0.3, 0.4) is 0 Å². The first-order chi connectivity index (χ1) is 9.81. The average molecular weight is 343 g/mol. The third-order valence-electron chi connectivity index (χ3n) is 3.44. The maximum atomic E-state index is 5.59. The van der Waals surface area contributed by atoms with E-state index in [2.05, 4.69) is 13.8 Å². The molecule has 0 aromatic rings. The normalized spacial score (nSPS) is 10.2. The van der Waals surface area contributed by atoms with E-state index in [4.69, 9.17) is 17.0 Å². The van der Waals surface area contributed by atoms with Gasteiger partial charge in [0.15, 0.2) is 0 Å². The Morgan fingerprint density at radius 3 is 1.86 bits per heavy atom. The van der Waals surface area contributed by atoms with Gasteiger partial charge >= 0.3 is 29.6 Å². The van der Waals surface area contributed by atoms with Crippen LogP contribution in [0.25, 0.3) is 0 Å². The zero-order valence-corrected chi connectivity index (χ0v) is 18.3. The van der Waals surface area contributed by atoms with E-state index in [9.17, 15) is 0 Å². The molecule has 0 aliphatic carbocycles. The monoisotopic (exact) mass is 342 g/mol. The summed E-state index contributed by atoms with van der Waals surface area (Å²) in [5.74, 6) is 1.13. The van der Waals surface area contributed by atoms with Gasteiger partial charge in [-0.1, -0.05) is 89.8 Å². The summed E-state index contributed by atoms with van der Waals surface area (Å²) in [7, 11) is 0. The molecule has 0 atom stereocenters. The van der Waals surface area contributed by atoms with Crippen molar-refractivity contribution in [3.8, 4) is 0 Å². The van der Waals surface area contributed by atoms with Gasteiger partial charge < -0.3 is 6.16 Å². The summed E-state index contributed by atoms with van der Waals surface area (Å²) in [5, 5.41) is 0. The third-order valence-corrected chi connectivity index (χ3v) is 4.75. The van der Waals surface area contributed by atoms with Crippen LogP contribution in [0.4, 0.5) is 0 Å². The van der Waals surface area contributed by atoms with Crippen molar-refractivity contribution in [2.24, 2.45) is 0 Å². The second-order valence-corrected chi connectivity index (χ2v) is 7.18. The van der Waals surface area contributed by atoms with Crippen molar-refractivity contribution in [1.82, 2.24) is 0 Å². The van der Waals surface area contributed by atoms with E-state index in [1.54, 1.807) is 11.8 Å². The number of thiocarbonyl (C=S) groups is 1. The molecule has 0 rings (SSSR count). The Morgan fingerprint density at radius 1 is 0.810 bits per heavy atom. The Balaban J connectivity index is -0.00000180. The van der Waals surface area contributed by atoms with Crippen LogP contribution in [0.2, 0.25) is 0 Å². The van der Waals surface area contributed by atoms with Gasteiger partial charge in [0.2, 0.25) is 4.38 Å². The molecule has 0 unspecified atom stereocenters. The van der Waals surface area contributed by atoms with Gasteiger partial charge in [0.05, 0.1) is 6.61 Å². The maximum absolute atomic E-state index is 5.59. The standard InChI is InChI=1S/C17H34OS2.Na.H/c1-3-5-7-9-11-13-15-18-17(19)20-16-14-12-10-8-6-4-2;;/h3-16H2,1-2H3;;/q;+1;-1. The summed E-state index contributed by atoms with van der Waals surface area (Å²) in [5.41, 5.74) is 0. The number of unbranched alkanes of at least 4 members (excludes halogenated alkanes) is 10. The first kappa shape index (κ1) is 24.5.